The molecule has 0 bridgehead atoms. The second-order valence-electron chi connectivity index (χ2n) is 7.51. The summed E-state index contributed by atoms with van der Waals surface area (Å²) in [6.07, 6.45) is -1.77. The second kappa shape index (κ2) is 8.91. The van der Waals surface area contributed by atoms with Gasteiger partial charge in [0.2, 0.25) is 6.29 Å². The first-order chi connectivity index (χ1) is 13.8. The Balaban J connectivity index is 1.79. The lowest BCUT2D eigenvalue weighted by molar-refractivity contribution is -0.296. The highest BCUT2D eigenvalue weighted by Crippen LogP contribution is 2.43. The fourth-order valence-electron chi connectivity index (χ4n) is 3.44. The number of rotatable bonds is 6. The van der Waals surface area contributed by atoms with E-state index < -0.39 is 42.7 Å². The zero-order valence-electron chi connectivity index (χ0n) is 16.8. The van der Waals surface area contributed by atoms with Gasteiger partial charge in [0.05, 0.1) is 0 Å². The van der Waals surface area contributed by atoms with E-state index in [-0.39, 0.29) is 0 Å². The van der Waals surface area contributed by atoms with Crippen LogP contribution in [0.15, 0.2) is 54.6 Å². The van der Waals surface area contributed by atoms with Gasteiger partial charge in [-0.15, -0.1) is 0 Å². The predicted octanol–water partition coefficient (Wildman–Crippen LogP) is 4.85. The van der Waals surface area contributed by atoms with Gasteiger partial charge in [0.1, 0.15) is 12.4 Å². The van der Waals surface area contributed by atoms with E-state index in [2.05, 4.69) is 0 Å². The standard InChI is InChI=1S/C23H26F2O4/c1-15-16(2)23(24,25)21(14-27-17(3)26)29-22(15)28-20-12-8-7-11-19(20)13-18-9-5-4-6-10-18/h4-12,15-16,21-22H,13-14H2,1-3H3. The van der Waals surface area contributed by atoms with Crippen molar-refractivity contribution in [1.82, 2.24) is 0 Å². The van der Waals surface area contributed by atoms with Gasteiger partial charge in [-0.2, -0.15) is 0 Å². The van der Waals surface area contributed by atoms with Gasteiger partial charge in [0.25, 0.3) is 5.92 Å². The summed E-state index contributed by atoms with van der Waals surface area (Å²) >= 11 is 0. The molecule has 0 saturated carbocycles. The van der Waals surface area contributed by atoms with E-state index in [9.17, 15) is 13.6 Å². The molecular formula is C23H26F2O4. The summed E-state index contributed by atoms with van der Waals surface area (Å²) in [5.74, 6) is -4.71. The van der Waals surface area contributed by atoms with Crippen molar-refractivity contribution in [2.24, 2.45) is 11.8 Å². The number of benzene rings is 2. The Morgan fingerprint density at radius 1 is 1.07 bits per heavy atom. The number of para-hydroxylation sites is 1. The first-order valence-corrected chi connectivity index (χ1v) is 9.74. The minimum absolute atomic E-state index is 0.509. The Bertz CT molecular complexity index is 825. The zero-order chi connectivity index (χ0) is 21.0. The third kappa shape index (κ3) is 4.93. The van der Waals surface area contributed by atoms with Crippen LogP contribution in [0.4, 0.5) is 8.78 Å². The van der Waals surface area contributed by atoms with Crippen LogP contribution < -0.4 is 4.74 Å². The fourth-order valence-corrected chi connectivity index (χ4v) is 3.44. The number of alkyl halides is 2. The molecule has 6 heteroatoms. The molecule has 1 saturated heterocycles. The van der Waals surface area contributed by atoms with Gasteiger partial charge in [0, 0.05) is 25.2 Å². The smallest absolute Gasteiger partial charge is 0.302 e. The average molecular weight is 404 g/mol. The van der Waals surface area contributed by atoms with Crippen molar-refractivity contribution in [3.8, 4) is 5.75 Å². The molecule has 0 radical (unpaired) electrons. The van der Waals surface area contributed by atoms with Crippen molar-refractivity contribution in [1.29, 1.82) is 0 Å². The van der Waals surface area contributed by atoms with Gasteiger partial charge in [0.15, 0.2) is 6.10 Å². The average Bonchev–Trinajstić information content (AvgIpc) is 2.70. The highest BCUT2D eigenvalue weighted by molar-refractivity contribution is 5.65. The second-order valence-corrected chi connectivity index (χ2v) is 7.51. The number of carbonyl (C=O) groups excluding carboxylic acids is 1. The van der Waals surface area contributed by atoms with Crippen LogP contribution >= 0.6 is 0 Å². The Morgan fingerprint density at radius 3 is 2.41 bits per heavy atom. The number of carbonyl (C=O) groups is 1. The Labute approximate surface area is 169 Å². The fraction of sp³-hybridized carbons (Fsp3) is 0.435. The van der Waals surface area contributed by atoms with Crippen LogP contribution in [0.5, 0.6) is 5.75 Å². The van der Waals surface area contributed by atoms with E-state index in [1.165, 1.54) is 13.8 Å². The molecular weight excluding hydrogens is 378 g/mol. The first kappa shape index (κ1) is 21.2. The Kier molecular flexibility index (Phi) is 6.52. The quantitative estimate of drug-likeness (QED) is 0.646. The van der Waals surface area contributed by atoms with Gasteiger partial charge < -0.3 is 14.2 Å². The van der Waals surface area contributed by atoms with Crippen molar-refractivity contribution < 1.29 is 27.8 Å². The van der Waals surface area contributed by atoms with E-state index in [1.807, 2.05) is 54.6 Å². The molecule has 4 nitrogen and oxygen atoms in total. The summed E-state index contributed by atoms with van der Waals surface area (Å²) in [6, 6.07) is 17.4. The lowest BCUT2D eigenvalue weighted by Crippen LogP contribution is -2.57. The molecule has 0 amide bonds. The summed E-state index contributed by atoms with van der Waals surface area (Å²) in [5, 5.41) is 0. The van der Waals surface area contributed by atoms with Crippen molar-refractivity contribution in [3.05, 3.63) is 65.7 Å². The lowest BCUT2D eigenvalue weighted by atomic mass is 9.84. The minimum Gasteiger partial charge on any atom is -0.464 e. The van der Waals surface area contributed by atoms with Crippen LogP contribution in [-0.4, -0.2) is 30.9 Å². The third-order valence-corrected chi connectivity index (χ3v) is 5.44. The summed E-state index contributed by atoms with van der Waals surface area (Å²) in [7, 11) is 0. The number of esters is 1. The monoisotopic (exact) mass is 404 g/mol. The number of ether oxygens (including phenoxy) is 3. The highest BCUT2D eigenvalue weighted by atomic mass is 19.3. The number of halogens is 2. The first-order valence-electron chi connectivity index (χ1n) is 9.74. The van der Waals surface area contributed by atoms with E-state index in [0.29, 0.717) is 12.2 Å². The van der Waals surface area contributed by atoms with Crippen LogP contribution in [-0.2, 0) is 20.7 Å². The topological polar surface area (TPSA) is 44.8 Å². The maximum atomic E-state index is 14.7. The van der Waals surface area contributed by atoms with Gasteiger partial charge >= 0.3 is 5.97 Å². The summed E-state index contributed by atoms with van der Waals surface area (Å²) in [5.41, 5.74) is 2.06. The number of hydrogen-bond donors (Lipinski definition) is 0. The number of hydrogen-bond acceptors (Lipinski definition) is 4. The van der Waals surface area contributed by atoms with E-state index >= 15 is 0 Å². The van der Waals surface area contributed by atoms with Gasteiger partial charge in [-0.25, -0.2) is 8.78 Å². The van der Waals surface area contributed by atoms with Crippen LogP contribution in [0.25, 0.3) is 0 Å². The van der Waals surface area contributed by atoms with Crippen LogP contribution in [0.1, 0.15) is 31.9 Å². The molecule has 4 atom stereocenters. The van der Waals surface area contributed by atoms with Crippen molar-refractivity contribution >= 4 is 5.97 Å². The summed E-state index contributed by atoms with van der Waals surface area (Å²) in [6.45, 7) is 3.83. The largest absolute Gasteiger partial charge is 0.464 e. The molecule has 1 heterocycles. The molecule has 4 unspecified atom stereocenters. The lowest BCUT2D eigenvalue weighted by Gasteiger charge is -2.44. The van der Waals surface area contributed by atoms with Gasteiger partial charge in [-0.3, -0.25) is 4.79 Å². The predicted molar refractivity (Wildman–Crippen MR) is 105 cm³/mol. The van der Waals surface area contributed by atoms with Crippen LogP contribution in [0.2, 0.25) is 0 Å². The molecule has 2 aromatic carbocycles. The van der Waals surface area contributed by atoms with Crippen molar-refractivity contribution in [3.63, 3.8) is 0 Å². The molecule has 1 fully saturated rings. The van der Waals surface area contributed by atoms with Gasteiger partial charge in [-0.1, -0.05) is 62.4 Å². The molecule has 1 aliphatic heterocycles. The Hall–Kier alpha value is -2.47. The molecule has 29 heavy (non-hydrogen) atoms. The molecule has 3 rings (SSSR count). The molecule has 0 aromatic heterocycles. The molecule has 0 N–H and O–H groups in total. The maximum absolute atomic E-state index is 14.7. The van der Waals surface area contributed by atoms with Gasteiger partial charge in [-0.05, 0) is 17.2 Å². The summed E-state index contributed by atoms with van der Waals surface area (Å²) < 4.78 is 45.8. The van der Waals surface area contributed by atoms with Crippen molar-refractivity contribution in [2.75, 3.05) is 6.61 Å². The molecule has 0 aliphatic carbocycles. The van der Waals surface area contributed by atoms with E-state index in [0.717, 1.165) is 11.1 Å². The normalized spacial score (nSPS) is 26.0. The minimum atomic E-state index is -3.13. The SMILES string of the molecule is CC(=O)OCC1OC(Oc2ccccc2Cc2ccccc2)C(C)C(C)C1(F)F. The molecule has 1 aliphatic rings. The third-order valence-electron chi connectivity index (χ3n) is 5.44. The maximum Gasteiger partial charge on any atom is 0.302 e. The summed E-state index contributed by atoms with van der Waals surface area (Å²) in [4.78, 5) is 11.1. The van der Waals surface area contributed by atoms with E-state index in [4.69, 9.17) is 14.2 Å². The van der Waals surface area contributed by atoms with Crippen LogP contribution in [0, 0.1) is 11.8 Å². The zero-order valence-corrected chi connectivity index (χ0v) is 16.8. The van der Waals surface area contributed by atoms with Crippen molar-refractivity contribution in [2.45, 2.75) is 45.5 Å². The highest BCUT2D eigenvalue weighted by Gasteiger charge is 2.55. The van der Waals surface area contributed by atoms with Crippen LogP contribution in [0.3, 0.4) is 0 Å². The Morgan fingerprint density at radius 2 is 1.72 bits per heavy atom. The van der Waals surface area contributed by atoms with E-state index in [1.54, 1.807) is 6.92 Å². The molecule has 0 spiro atoms. The molecule has 156 valence electrons. The molecule has 2 aromatic rings.